The molecule has 0 spiro atoms. The van der Waals surface area contributed by atoms with Gasteiger partial charge in [0.1, 0.15) is 0 Å². The fraction of sp³-hybridized carbons (Fsp3) is 0.133. The van der Waals surface area contributed by atoms with Gasteiger partial charge in [-0.05, 0) is 36.8 Å². The molecule has 0 saturated heterocycles. The van der Waals surface area contributed by atoms with Crippen LogP contribution in [0.15, 0.2) is 42.5 Å². The Morgan fingerprint density at radius 1 is 1.04 bits per heavy atom. The Kier molecular flexibility index (Phi) is 4.65. The smallest absolute Gasteiger partial charge is 0.338 e. The van der Waals surface area contributed by atoms with Gasteiger partial charge in [0.25, 0.3) is 11.4 Å². The van der Waals surface area contributed by atoms with Gasteiger partial charge >= 0.3 is 5.97 Å². The van der Waals surface area contributed by atoms with Crippen LogP contribution in [-0.2, 0) is 4.74 Å². The lowest BCUT2D eigenvalue weighted by Gasteiger charge is -2.06. The van der Waals surface area contributed by atoms with Gasteiger partial charge in [-0.15, -0.1) is 0 Å². The molecule has 23 heavy (non-hydrogen) atoms. The summed E-state index contributed by atoms with van der Waals surface area (Å²) in [5, 5.41) is 21.9. The van der Waals surface area contributed by atoms with Gasteiger partial charge in [0.15, 0.2) is 0 Å². The van der Waals surface area contributed by atoms with Crippen LogP contribution < -0.4 is 0 Å². The van der Waals surface area contributed by atoms with Crippen molar-refractivity contribution in [3.8, 4) is 11.1 Å². The standard InChI is InChI=1S/C15H12N2O6/c1-2-23-15(18)11-5-8-13(14(9-11)17(21)22)10-3-6-12(7-4-10)16(19)20/h3-9H,2H2,1H3. The van der Waals surface area contributed by atoms with Crippen molar-refractivity contribution in [3.05, 3.63) is 68.3 Å². The third kappa shape index (κ3) is 3.49. The highest BCUT2D eigenvalue weighted by atomic mass is 16.6. The maximum absolute atomic E-state index is 11.7. The van der Waals surface area contributed by atoms with E-state index in [1.165, 1.54) is 36.4 Å². The average molecular weight is 316 g/mol. The molecule has 8 nitrogen and oxygen atoms in total. The van der Waals surface area contributed by atoms with Gasteiger partial charge in [0.05, 0.1) is 27.6 Å². The molecule has 8 heteroatoms. The van der Waals surface area contributed by atoms with E-state index in [1.54, 1.807) is 6.92 Å². The van der Waals surface area contributed by atoms with E-state index in [9.17, 15) is 25.0 Å². The number of hydrogen-bond acceptors (Lipinski definition) is 6. The summed E-state index contributed by atoms with van der Waals surface area (Å²) >= 11 is 0. The number of carbonyl (C=O) groups is 1. The monoisotopic (exact) mass is 316 g/mol. The minimum absolute atomic E-state index is 0.0733. The number of ether oxygens (including phenoxy) is 1. The van der Waals surface area contributed by atoms with Crippen molar-refractivity contribution in [2.45, 2.75) is 6.92 Å². The van der Waals surface area contributed by atoms with Crippen LogP contribution >= 0.6 is 0 Å². The molecule has 118 valence electrons. The van der Waals surface area contributed by atoms with E-state index in [1.807, 2.05) is 0 Å². The number of carbonyl (C=O) groups excluding carboxylic acids is 1. The highest BCUT2D eigenvalue weighted by molar-refractivity contribution is 5.92. The van der Waals surface area contributed by atoms with Crippen molar-refractivity contribution < 1.29 is 19.4 Å². The van der Waals surface area contributed by atoms with E-state index in [0.717, 1.165) is 6.07 Å². The number of benzene rings is 2. The largest absolute Gasteiger partial charge is 0.462 e. The zero-order chi connectivity index (χ0) is 17.0. The molecule has 0 aliphatic carbocycles. The lowest BCUT2D eigenvalue weighted by atomic mass is 10.0. The predicted molar refractivity (Wildman–Crippen MR) is 81.1 cm³/mol. The molecular weight excluding hydrogens is 304 g/mol. The summed E-state index contributed by atoms with van der Waals surface area (Å²) in [6.07, 6.45) is 0. The molecule has 2 aromatic carbocycles. The SMILES string of the molecule is CCOC(=O)c1ccc(-c2ccc([N+](=O)[O-])cc2)c([N+](=O)[O-])c1. The van der Waals surface area contributed by atoms with Crippen molar-refractivity contribution in [1.29, 1.82) is 0 Å². The number of hydrogen-bond donors (Lipinski definition) is 0. The van der Waals surface area contributed by atoms with Gasteiger partial charge in [-0.2, -0.15) is 0 Å². The van der Waals surface area contributed by atoms with Crippen molar-refractivity contribution >= 4 is 17.3 Å². The first-order valence-corrected chi connectivity index (χ1v) is 6.64. The molecule has 0 atom stereocenters. The van der Waals surface area contributed by atoms with Crippen LogP contribution in [0.4, 0.5) is 11.4 Å². The van der Waals surface area contributed by atoms with Crippen LogP contribution in [0.25, 0.3) is 11.1 Å². The second-order valence-corrected chi connectivity index (χ2v) is 4.51. The van der Waals surface area contributed by atoms with Gasteiger partial charge in [-0.25, -0.2) is 4.79 Å². The lowest BCUT2D eigenvalue weighted by molar-refractivity contribution is -0.385. The van der Waals surface area contributed by atoms with Crippen molar-refractivity contribution in [2.24, 2.45) is 0 Å². The van der Waals surface area contributed by atoms with Crippen LogP contribution in [0, 0.1) is 20.2 Å². The molecule has 0 N–H and O–H groups in total. The molecule has 0 bridgehead atoms. The first-order chi connectivity index (χ1) is 10.9. The summed E-state index contributed by atoms with van der Waals surface area (Å²) < 4.78 is 4.81. The number of esters is 1. The zero-order valence-corrected chi connectivity index (χ0v) is 12.1. The quantitative estimate of drug-likeness (QED) is 0.475. The number of non-ortho nitro benzene ring substituents is 1. The lowest BCUT2D eigenvalue weighted by Crippen LogP contribution is -2.05. The zero-order valence-electron chi connectivity index (χ0n) is 12.1. The Morgan fingerprint density at radius 3 is 2.22 bits per heavy atom. The molecule has 0 fully saturated rings. The first kappa shape index (κ1) is 16.1. The van der Waals surface area contributed by atoms with Crippen molar-refractivity contribution in [3.63, 3.8) is 0 Å². The maximum Gasteiger partial charge on any atom is 0.338 e. The highest BCUT2D eigenvalue weighted by Crippen LogP contribution is 2.32. The maximum atomic E-state index is 11.7. The molecule has 0 radical (unpaired) electrons. The van der Waals surface area contributed by atoms with Crippen LogP contribution in [0.3, 0.4) is 0 Å². The molecule has 0 amide bonds. The summed E-state index contributed by atoms with van der Waals surface area (Å²) in [6.45, 7) is 1.80. The Morgan fingerprint density at radius 2 is 1.70 bits per heavy atom. The van der Waals surface area contributed by atoms with E-state index in [-0.39, 0.29) is 29.1 Å². The van der Waals surface area contributed by atoms with Gasteiger partial charge in [-0.3, -0.25) is 20.2 Å². The van der Waals surface area contributed by atoms with E-state index in [0.29, 0.717) is 5.56 Å². The normalized spacial score (nSPS) is 10.1. The summed E-state index contributed by atoms with van der Waals surface area (Å²) in [5.41, 5.74) is 0.392. The number of rotatable bonds is 5. The molecule has 0 unspecified atom stereocenters. The Hall–Kier alpha value is -3.29. The van der Waals surface area contributed by atoms with Crippen LogP contribution in [0.5, 0.6) is 0 Å². The third-order valence-corrected chi connectivity index (χ3v) is 3.09. The molecule has 0 aromatic heterocycles. The van der Waals surface area contributed by atoms with Crippen LogP contribution in [-0.4, -0.2) is 22.4 Å². The first-order valence-electron chi connectivity index (χ1n) is 6.64. The number of nitrogens with zero attached hydrogens (tertiary/aromatic N) is 2. The Balaban J connectivity index is 2.47. The summed E-state index contributed by atoms with van der Waals surface area (Å²) in [5.74, 6) is -0.647. The van der Waals surface area contributed by atoms with Crippen LogP contribution in [0.1, 0.15) is 17.3 Å². The minimum atomic E-state index is -0.647. The fourth-order valence-corrected chi connectivity index (χ4v) is 2.03. The highest BCUT2D eigenvalue weighted by Gasteiger charge is 2.19. The minimum Gasteiger partial charge on any atom is -0.462 e. The van der Waals surface area contributed by atoms with Crippen molar-refractivity contribution in [1.82, 2.24) is 0 Å². The second kappa shape index (κ2) is 6.65. The van der Waals surface area contributed by atoms with Gasteiger partial charge in [0.2, 0.25) is 0 Å². The molecule has 2 aromatic rings. The number of nitro benzene ring substituents is 2. The summed E-state index contributed by atoms with van der Waals surface area (Å²) in [6, 6.07) is 9.34. The van der Waals surface area contributed by atoms with E-state index in [4.69, 9.17) is 4.74 Å². The molecule has 0 heterocycles. The molecule has 0 saturated carbocycles. The Labute approximate surface area is 130 Å². The molecule has 0 aliphatic heterocycles. The summed E-state index contributed by atoms with van der Waals surface area (Å²) in [7, 11) is 0. The van der Waals surface area contributed by atoms with E-state index < -0.39 is 15.8 Å². The fourth-order valence-electron chi connectivity index (χ4n) is 2.03. The second-order valence-electron chi connectivity index (χ2n) is 4.51. The molecule has 2 rings (SSSR count). The van der Waals surface area contributed by atoms with Gasteiger partial charge < -0.3 is 4.74 Å². The van der Waals surface area contributed by atoms with Crippen molar-refractivity contribution in [2.75, 3.05) is 6.61 Å². The van der Waals surface area contributed by atoms with Gasteiger partial charge in [0, 0.05) is 18.2 Å². The predicted octanol–water partition coefficient (Wildman–Crippen LogP) is 3.35. The third-order valence-electron chi connectivity index (χ3n) is 3.09. The van der Waals surface area contributed by atoms with Gasteiger partial charge in [-0.1, -0.05) is 0 Å². The van der Waals surface area contributed by atoms with E-state index >= 15 is 0 Å². The topological polar surface area (TPSA) is 113 Å². The number of nitro groups is 2. The summed E-state index contributed by atoms with van der Waals surface area (Å²) in [4.78, 5) is 32.4. The van der Waals surface area contributed by atoms with Crippen LogP contribution in [0.2, 0.25) is 0 Å². The van der Waals surface area contributed by atoms with E-state index in [2.05, 4.69) is 0 Å². The molecular formula is C15H12N2O6. The Bertz CT molecular complexity index is 770. The average Bonchev–Trinajstić information content (AvgIpc) is 2.54. The molecule has 0 aliphatic rings.